The van der Waals surface area contributed by atoms with Crippen LogP contribution in [0.5, 0.6) is 0 Å². The number of esters is 1. The maximum absolute atomic E-state index is 13.1. The van der Waals surface area contributed by atoms with Gasteiger partial charge in [-0.3, -0.25) is 15.1 Å². The minimum absolute atomic E-state index is 0.361. The van der Waals surface area contributed by atoms with E-state index in [4.69, 9.17) is 9.72 Å². The Kier molecular flexibility index (Phi) is 5.34. The van der Waals surface area contributed by atoms with Crippen molar-refractivity contribution < 1.29 is 14.3 Å². The fraction of sp³-hybridized carbons (Fsp3) is 0.250. The molecule has 0 saturated heterocycles. The van der Waals surface area contributed by atoms with Crippen LogP contribution in [0.1, 0.15) is 40.9 Å². The lowest BCUT2D eigenvalue weighted by atomic mass is 9.97. The number of hydrogen-bond acceptors (Lipinski definition) is 6. The summed E-state index contributed by atoms with van der Waals surface area (Å²) in [4.78, 5) is 34.7. The summed E-state index contributed by atoms with van der Waals surface area (Å²) in [5.74, 6) is -0.881. The molecular weight excluding hydrogens is 410 g/mol. The normalized spacial score (nSPS) is 13.5. The lowest BCUT2D eigenvalue weighted by molar-refractivity contribution is -0.119. The summed E-state index contributed by atoms with van der Waals surface area (Å²) >= 11 is 1.39. The van der Waals surface area contributed by atoms with Gasteiger partial charge in [0.25, 0.3) is 5.91 Å². The molecule has 0 fully saturated rings. The van der Waals surface area contributed by atoms with Crippen LogP contribution in [0.15, 0.2) is 48.5 Å². The van der Waals surface area contributed by atoms with Crippen molar-refractivity contribution in [3.63, 3.8) is 0 Å². The summed E-state index contributed by atoms with van der Waals surface area (Å²) in [6, 6.07) is 15.3. The Balaban J connectivity index is 1.36. The summed E-state index contributed by atoms with van der Waals surface area (Å²) in [6.45, 7) is -0.361. The van der Waals surface area contributed by atoms with Crippen LogP contribution >= 0.6 is 11.3 Å². The van der Waals surface area contributed by atoms with E-state index in [9.17, 15) is 9.59 Å². The van der Waals surface area contributed by atoms with Gasteiger partial charge in [0, 0.05) is 11.1 Å². The number of rotatable bonds is 4. The highest BCUT2D eigenvalue weighted by Crippen LogP contribution is 2.29. The molecule has 1 aliphatic carbocycles. The van der Waals surface area contributed by atoms with E-state index < -0.39 is 11.9 Å². The number of aromatic nitrogens is 2. The number of carbonyl (C=O) groups excluding carboxylic acids is 2. The molecule has 7 heteroatoms. The summed E-state index contributed by atoms with van der Waals surface area (Å²) in [5.41, 5.74) is 4.10. The molecule has 5 rings (SSSR count). The van der Waals surface area contributed by atoms with E-state index in [2.05, 4.69) is 10.3 Å². The van der Waals surface area contributed by atoms with E-state index in [-0.39, 0.29) is 6.61 Å². The number of thiazole rings is 1. The minimum atomic E-state index is -0.476. The Morgan fingerprint density at radius 1 is 0.935 bits per heavy atom. The van der Waals surface area contributed by atoms with E-state index in [1.807, 2.05) is 48.5 Å². The average molecular weight is 432 g/mol. The number of hydrogen-bond donors (Lipinski definition) is 1. The first-order valence-electron chi connectivity index (χ1n) is 10.4. The van der Waals surface area contributed by atoms with E-state index >= 15 is 0 Å². The molecule has 0 aliphatic heterocycles. The second kappa shape index (κ2) is 8.43. The van der Waals surface area contributed by atoms with Crippen molar-refractivity contribution in [3.05, 3.63) is 65.4 Å². The second-order valence-electron chi connectivity index (χ2n) is 7.60. The fourth-order valence-corrected chi connectivity index (χ4v) is 4.95. The topological polar surface area (TPSA) is 81.2 Å². The molecule has 0 unspecified atom stereocenters. The number of ether oxygens (including phenoxy) is 1. The van der Waals surface area contributed by atoms with Gasteiger partial charge in [-0.15, -0.1) is 0 Å². The smallest absolute Gasteiger partial charge is 0.339 e. The number of nitrogens with zero attached hydrogens (tertiary/aromatic N) is 2. The number of fused-ring (bicyclic) bond motifs is 3. The molecule has 0 atom stereocenters. The summed E-state index contributed by atoms with van der Waals surface area (Å²) in [7, 11) is 0. The average Bonchev–Trinajstić information content (AvgIpc) is 3.04. The van der Waals surface area contributed by atoms with Crippen LogP contribution in [0.3, 0.4) is 0 Å². The zero-order valence-corrected chi connectivity index (χ0v) is 17.7. The molecule has 4 aromatic rings. The van der Waals surface area contributed by atoms with E-state index in [0.717, 1.165) is 64.5 Å². The SMILES string of the molecule is O=C(COC(=O)c1c2c(nc3ccccc13)CCCCC2)Nc1nc2ccccc2s1. The van der Waals surface area contributed by atoms with Gasteiger partial charge >= 0.3 is 5.97 Å². The van der Waals surface area contributed by atoms with Crippen molar-refractivity contribution in [3.8, 4) is 0 Å². The van der Waals surface area contributed by atoms with Crippen molar-refractivity contribution in [1.82, 2.24) is 9.97 Å². The van der Waals surface area contributed by atoms with Gasteiger partial charge in [0.15, 0.2) is 11.7 Å². The lowest BCUT2D eigenvalue weighted by Gasteiger charge is -2.14. The molecule has 0 radical (unpaired) electrons. The Hall–Kier alpha value is -3.32. The highest BCUT2D eigenvalue weighted by Gasteiger charge is 2.23. The van der Waals surface area contributed by atoms with Crippen molar-refractivity contribution >= 4 is 49.5 Å². The Labute approximate surface area is 183 Å². The van der Waals surface area contributed by atoms with Crippen LogP contribution in [0.25, 0.3) is 21.1 Å². The number of aryl methyl sites for hydroxylation is 1. The first-order valence-corrected chi connectivity index (χ1v) is 11.2. The van der Waals surface area contributed by atoms with E-state index in [0.29, 0.717) is 10.7 Å². The molecule has 1 aliphatic rings. The van der Waals surface area contributed by atoms with Crippen LogP contribution in [-0.4, -0.2) is 28.5 Å². The molecule has 1 amide bonds. The van der Waals surface area contributed by atoms with E-state index in [1.165, 1.54) is 11.3 Å². The van der Waals surface area contributed by atoms with Gasteiger partial charge in [-0.1, -0.05) is 48.1 Å². The number of pyridine rings is 1. The van der Waals surface area contributed by atoms with Gasteiger partial charge in [0.1, 0.15) is 0 Å². The summed E-state index contributed by atoms with van der Waals surface area (Å²) < 4.78 is 6.44. The molecular formula is C24H21N3O3S. The Morgan fingerprint density at radius 3 is 2.58 bits per heavy atom. The van der Waals surface area contributed by atoms with Gasteiger partial charge in [-0.05, 0) is 49.4 Å². The summed E-state index contributed by atoms with van der Waals surface area (Å²) in [5, 5.41) is 4.00. The molecule has 1 N–H and O–H groups in total. The molecule has 31 heavy (non-hydrogen) atoms. The molecule has 0 saturated carbocycles. The monoisotopic (exact) mass is 431 g/mol. The fourth-order valence-electron chi connectivity index (χ4n) is 4.07. The van der Waals surface area contributed by atoms with Crippen LogP contribution < -0.4 is 5.32 Å². The largest absolute Gasteiger partial charge is 0.452 e. The lowest BCUT2D eigenvalue weighted by Crippen LogP contribution is -2.22. The van der Waals surface area contributed by atoms with Crippen molar-refractivity contribution in [2.45, 2.75) is 32.1 Å². The zero-order valence-electron chi connectivity index (χ0n) is 16.9. The third kappa shape index (κ3) is 4.01. The van der Waals surface area contributed by atoms with Crippen LogP contribution in [0.4, 0.5) is 5.13 Å². The Bertz CT molecular complexity index is 1260. The minimum Gasteiger partial charge on any atom is -0.452 e. The number of para-hydroxylation sites is 2. The predicted molar refractivity (Wildman–Crippen MR) is 122 cm³/mol. The van der Waals surface area contributed by atoms with Gasteiger partial charge in [0.2, 0.25) is 0 Å². The molecule has 2 aromatic carbocycles. The molecule has 156 valence electrons. The van der Waals surface area contributed by atoms with Crippen LogP contribution in [0.2, 0.25) is 0 Å². The van der Waals surface area contributed by atoms with Crippen molar-refractivity contribution in [1.29, 1.82) is 0 Å². The first-order chi connectivity index (χ1) is 15.2. The first kappa shape index (κ1) is 19.6. The second-order valence-corrected chi connectivity index (χ2v) is 8.63. The highest BCUT2D eigenvalue weighted by atomic mass is 32.1. The van der Waals surface area contributed by atoms with Crippen molar-refractivity contribution in [2.24, 2.45) is 0 Å². The van der Waals surface area contributed by atoms with Gasteiger partial charge in [-0.2, -0.15) is 0 Å². The van der Waals surface area contributed by atoms with Gasteiger partial charge in [-0.25, -0.2) is 9.78 Å². The number of amides is 1. The number of carbonyl (C=O) groups is 2. The Morgan fingerprint density at radius 2 is 1.71 bits per heavy atom. The van der Waals surface area contributed by atoms with Gasteiger partial charge in [0.05, 0.1) is 21.3 Å². The van der Waals surface area contributed by atoms with Crippen LogP contribution in [-0.2, 0) is 22.4 Å². The van der Waals surface area contributed by atoms with E-state index in [1.54, 1.807) is 0 Å². The number of benzene rings is 2. The third-order valence-corrected chi connectivity index (χ3v) is 6.45. The van der Waals surface area contributed by atoms with Crippen LogP contribution in [0, 0.1) is 0 Å². The number of anilines is 1. The molecule has 0 bridgehead atoms. The summed E-state index contributed by atoms with van der Waals surface area (Å²) in [6.07, 6.45) is 4.86. The maximum atomic E-state index is 13.1. The predicted octanol–water partition coefficient (Wildman–Crippen LogP) is 4.91. The zero-order chi connectivity index (χ0) is 21.2. The number of nitrogens with one attached hydrogen (secondary N) is 1. The molecule has 6 nitrogen and oxygen atoms in total. The third-order valence-electron chi connectivity index (χ3n) is 5.50. The quantitative estimate of drug-likeness (QED) is 0.367. The maximum Gasteiger partial charge on any atom is 0.339 e. The standard InChI is InChI=1S/C24H21N3O3S/c28-21(27-24-26-19-12-6-7-13-20(19)31-24)14-30-23(29)22-15-8-2-1-3-10-17(15)25-18-11-5-4-9-16(18)22/h4-7,9,11-13H,1-3,8,10,14H2,(H,26,27,28). The molecule has 2 aromatic heterocycles. The highest BCUT2D eigenvalue weighted by molar-refractivity contribution is 7.22. The van der Waals surface area contributed by atoms with Gasteiger partial charge < -0.3 is 4.74 Å². The molecule has 0 spiro atoms. The van der Waals surface area contributed by atoms with Crippen molar-refractivity contribution in [2.75, 3.05) is 11.9 Å². The molecule has 2 heterocycles.